The Balaban J connectivity index is 3.06. The minimum Gasteiger partial charge on any atom is -0.388 e. The molecule has 0 aliphatic carbocycles. The highest BCUT2D eigenvalue weighted by Gasteiger charge is 2.69. The molecule has 29 heavy (non-hydrogen) atoms. The quantitative estimate of drug-likeness (QED) is 0.308. The Morgan fingerprint density at radius 3 is 2.14 bits per heavy atom. The van der Waals surface area contributed by atoms with Gasteiger partial charge in [-0.05, 0) is 37.8 Å². The maximum Gasteiger partial charge on any atom is 0.351 e. The van der Waals surface area contributed by atoms with E-state index in [1.54, 1.807) is 0 Å². The van der Waals surface area contributed by atoms with E-state index in [-0.39, 0.29) is 0 Å². The molecule has 1 aromatic carbocycles. The first-order valence-corrected chi connectivity index (χ1v) is 9.35. The van der Waals surface area contributed by atoms with Crippen molar-refractivity contribution in [2.24, 2.45) is 0 Å². The van der Waals surface area contributed by atoms with Crippen LogP contribution in [0.15, 0.2) is 73.0 Å². The second-order valence-corrected chi connectivity index (χ2v) is 6.88. The molecule has 0 bridgehead atoms. The van der Waals surface area contributed by atoms with Crippen LogP contribution in [0.3, 0.4) is 0 Å². The molecule has 1 atom stereocenters. The van der Waals surface area contributed by atoms with Crippen molar-refractivity contribution >= 4 is 0 Å². The minimum atomic E-state index is -5.01. The molecule has 0 aliphatic heterocycles. The SMILES string of the molecule is C=C/C=C(\C=C)C(F)(F)C(F)(F)C(C)(F)c1ccc(CCN/C(C)=C/CC)cc1. The van der Waals surface area contributed by atoms with E-state index < -0.39 is 28.7 Å². The van der Waals surface area contributed by atoms with Gasteiger partial charge in [-0.25, -0.2) is 4.39 Å². The smallest absolute Gasteiger partial charge is 0.351 e. The Morgan fingerprint density at radius 2 is 1.66 bits per heavy atom. The summed E-state index contributed by atoms with van der Waals surface area (Å²) in [6.45, 7) is 11.4. The van der Waals surface area contributed by atoms with Gasteiger partial charge in [0.2, 0.25) is 5.67 Å². The third kappa shape index (κ3) is 5.37. The molecule has 0 amide bonds. The maximum absolute atomic E-state index is 15.1. The van der Waals surface area contributed by atoms with Gasteiger partial charge in [-0.3, -0.25) is 0 Å². The standard InChI is InChI=1S/C23H28F5N/c1-6-9-17(4)29-16-15-18-11-13-20(14-12-18)21(5,24)23(27,28)22(25,26)19(8-3)10-7-2/h7-14,29H,2-3,6,15-16H2,1,4-5H3/b17-9+,19-10+. The van der Waals surface area contributed by atoms with Gasteiger partial charge in [-0.1, -0.05) is 68.7 Å². The van der Waals surface area contributed by atoms with Gasteiger partial charge in [0.25, 0.3) is 0 Å². The number of allylic oxidation sites excluding steroid dienone is 6. The van der Waals surface area contributed by atoms with E-state index in [9.17, 15) is 17.6 Å². The number of halogens is 5. The predicted octanol–water partition coefficient (Wildman–Crippen LogP) is 6.89. The van der Waals surface area contributed by atoms with E-state index >= 15 is 4.39 Å². The van der Waals surface area contributed by atoms with Gasteiger partial charge in [0, 0.05) is 17.8 Å². The molecule has 0 fully saturated rings. The Bertz CT molecular complexity index is 758. The van der Waals surface area contributed by atoms with E-state index in [2.05, 4.69) is 18.5 Å². The average molecular weight is 413 g/mol. The number of hydrogen-bond donors (Lipinski definition) is 1. The van der Waals surface area contributed by atoms with Gasteiger partial charge in [-0.2, -0.15) is 17.6 Å². The summed E-state index contributed by atoms with van der Waals surface area (Å²) in [4.78, 5) is 0. The third-order valence-electron chi connectivity index (χ3n) is 4.69. The number of rotatable bonds is 11. The van der Waals surface area contributed by atoms with Gasteiger partial charge < -0.3 is 5.32 Å². The molecule has 1 unspecified atom stereocenters. The van der Waals surface area contributed by atoms with Crippen molar-refractivity contribution in [2.75, 3.05) is 6.54 Å². The van der Waals surface area contributed by atoms with E-state index in [0.29, 0.717) is 32.0 Å². The molecule has 0 aliphatic rings. The van der Waals surface area contributed by atoms with Crippen LogP contribution in [0, 0.1) is 0 Å². The first-order valence-electron chi connectivity index (χ1n) is 9.35. The zero-order valence-corrected chi connectivity index (χ0v) is 17.0. The van der Waals surface area contributed by atoms with Crippen LogP contribution in [0.4, 0.5) is 22.0 Å². The molecule has 0 heterocycles. The number of nitrogens with one attached hydrogen (secondary N) is 1. The predicted molar refractivity (Wildman–Crippen MR) is 109 cm³/mol. The fraction of sp³-hybridized carbons (Fsp3) is 0.391. The molecule has 6 heteroatoms. The van der Waals surface area contributed by atoms with Crippen LogP contribution in [0.5, 0.6) is 0 Å². The lowest BCUT2D eigenvalue weighted by atomic mass is 9.84. The summed E-state index contributed by atoms with van der Waals surface area (Å²) in [5.74, 6) is -9.77. The Morgan fingerprint density at radius 1 is 1.07 bits per heavy atom. The van der Waals surface area contributed by atoms with Crippen molar-refractivity contribution in [3.63, 3.8) is 0 Å². The summed E-state index contributed by atoms with van der Waals surface area (Å²) in [6, 6.07) is 5.18. The summed E-state index contributed by atoms with van der Waals surface area (Å²) in [5, 5.41) is 3.20. The number of alkyl halides is 5. The Kier molecular flexibility index (Phi) is 8.42. The zero-order valence-electron chi connectivity index (χ0n) is 17.0. The Hall–Kier alpha value is -2.37. The molecule has 0 aromatic heterocycles. The van der Waals surface area contributed by atoms with Gasteiger partial charge >= 0.3 is 11.8 Å². The molecule has 1 aromatic rings. The molecule has 0 saturated heterocycles. The molecule has 1 N–H and O–H groups in total. The maximum atomic E-state index is 15.1. The second kappa shape index (κ2) is 9.90. The van der Waals surface area contributed by atoms with Crippen LogP contribution in [-0.2, 0) is 12.1 Å². The largest absolute Gasteiger partial charge is 0.388 e. The lowest BCUT2D eigenvalue weighted by Crippen LogP contribution is -2.53. The minimum absolute atomic E-state index is 0.463. The topological polar surface area (TPSA) is 12.0 Å². The molecular formula is C23H28F5N. The van der Waals surface area contributed by atoms with Crippen molar-refractivity contribution < 1.29 is 22.0 Å². The van der Waals surface area contributed by atoms with E-state index in [1.807, 2.05) is 19.9 Å². The monoisotopic (exact) mass is 413 g/mol. The Labute approximate surface area is 169 Å². The number of benzene rings is 1. The fourth-order valence-corrected chi connectivity index (χ4v) is 2.85. The first-order chi connectivity index (χ1) is 13.5. The lowest BCUT2D eigenvalue weighted by molar-refractivity contribution is -0.253. The average Bonchev–Trinajstić information content (AvgIpc) is 2.66. The molecular weight excluding hydrogens is 385 g/mol. The van der Waals surface area contributed by atoms with Gasteiger partial charge in [0.15, 0.2) is 0 Å². The summed E-state index contributed by atoms with van der Waals surface area (Å²) in [5.41, 5.74) is -3.43. The normalized spacial score (nSPS) is 15.6. The fourth-order valence-electron chi connectivity index (χ4n) is 2.85. The van der Waals surface area contributed by atoms with E-state index in [0.717, 1.165) is 35.9 Å². The highest BCUT2D eigenvalue weighted by atomic mass is 19.3. The van der Waals surface area contributed by atoms with Crippen LogP contribution in [0.2, 0.25) is 0 Å². The van der Waals surface area contributed by atoms with Crippen molar-refractivity contribution in [1.82, 2.24) is 5.32 Å². The van der Waals surface area contributed by atoms with Crippen molar-refractivity contribution in [3.05, 3.63) is 84.1 Å². The highest BCUT2D eigenvalue weighted by molar-refractivity contribution is 5.36. The van der Waals surface area contributed by atoms with Crippen molar-refractivity contribution in [1.29, 1.82) is 0 Å². The third-order valence-corrected chi connectivity index (χ3v) is 4.69. The highest BCUT2D eigenvalue weighted by Crippen LogP contribution is 2.52. The van der Waals surface area contributed by atoms with Crippen LogP contribution in [-0.4, -0.2) is 18.4 Å². The molecule has 1 nitrogen and oxygen atoms in total. The van der Waals surface area contributed by atoms with Crippen LogP contribution >= 0.6 is 0 Å². The molecule has 0 saturated carbocycles. The number of hydrogen-bond acceptors (Lipinski definition) is 1. The van der Waals surface area contributed by atoms with Crippen molar-refractivity contribution in [2.45, 2.75) is 51.1 Å². The summed E-state index contributed by atoms with van der Waals surface area (Å²) >= 11 is 0. The summed E-state index contributed by atoms with van der Waals surface area (Å²) in [7, 11) is 0. The van der Waals surface area contributed by atoms with Crippen LogP contribution in [0.1, 0.15) is 38.3 Å². The van der Waals surface area contributed by atoms with Crippen LogP contribution < -0.4 is 5.32 Å². The molecule has 160 valence electrons. The summed E-state index contributed by atoms with van der Waals surface area (Å²) < 4.78 is 73.2. The molecule has 0 spiro atoms. The first kappa shape index (κ1) is 24.7. The van der Waals surface area contributed by atoms with Gasteiger partial charge in [0.1, 0.15) is 0 Å². The van der Waals surface area contributed by atoms with Crippen LogP contribution in [0.25, 0.3) is 0 Å². The summed E-state index contributed by atoms with van der Waals surface area (Å²) in [6.07, 6.45) is 5.71. The van der Waals surface area contributed by atoms with E-state index in [4.69, 9.17) is 0 Å². The molecule has 0 radical (unpaired) electrons. The van der Waals surface area contributed by atoms with Gasteiger partial charge in [-0.15, -0.1) is 0 Å². The molecule has 1 rings (SSSR count). The van der Waals surface area contributed by atoms with E-state index in [1.165, 1.54) is 12.1 Å². The van der Waals surface area contributed by atoms with Crippen molar-refractivity contribution in [3.8, 4) is 0 Å². The lowest BCUT2D eigenvalue weighted by Gasteiger charge is -2.36. The van der Waals surface area contributed by atoms with Gasteiger partial charge in [0.05, 0.1) is 0 Å². The zero-order chi connectivity index (χ0) is 22.3. The second-order valence-electron chi connectivity index (χ2n) is 6.88.